The highest BCUT2D eigenvalue weighted by molar-refractivity contribution is 5.89. The topological polar surface area (TPSA) is 35.5 Å². The summed E-state index contributed by atoms with van der Waals surface area (Å²) < 4.78 is 0. The number of rotatable bonds is 3. The van der Waals surface area contributed by atoms with Gasteiger partial charge in [0.15, 0.2) is 6.10 Å². The van der Waals surface area contributed by atoms with E-state index in [2.05, 4.69) is 13.8 Å². The lowest BCUT2D eigenvalue weighted by atomic mass is 9.81. The smallest absolute Gasteiger partial charge is 0.292 e. The van der Waals surface area contributed by atoms with Crippen LogP contribution in [0.5, 0.6) is 0 Å². The zero-order chi connectivity index (χ0) is 13.8. The Morgan fingerprint density at radius 1 is 1.32 bits per heavy atom. The van der Waals surface area contributed by atoms with Crippen LogP contribution in [0.4, 0.5) is 0 Å². The second-order valence-corrected chi connectivity index (χ2v) is 5.57. The average molecular weight is 261 g/mol. The Balaban J connectivity index is 1.87. The van der Waals surface area contributed by atoms with Gasteiger partial charge in [-0.15, -0.1) is 0 Å². The number of carbonyl (C=O) groups is 1. The van der Waals surface area contributed by atoms with Gasteiger partial charge < -0.3 is 0 Å². The molecule has 1 fully saturated rings. The van der Waals surface area contributed by atoms with Crippen LogP contribution < -0.4 is 0 Å². The van der Waals surface area contributed by atoms with E-state index in [1.807, 2.05) is 19.1 Å². The summed E-state index contributed by atoms with van der Waals surface area (Å²) >= 11 is 0. The summed E-state index contributed by atoms with van der Waals surface area (Å²) in [7, 11) is 0. The molecule has 19 heavy (non-hydrogen) atoms. The van der Waals surface area contributed by atoms with Crippen molar-refractivity contribution >= 4 is 5.97 Å². The summed E-state index contributed by atoms with van der Waals surface area (Å²) in [5.41, 5.74) is 1.55. The summed E-state index contributed by atoms with van der Waals surface area (Å²) in [4.78, 5) is 22.1. The molecule has 0 bridgehead atoms. The van der Waals surface area contributed by atoms with Crippen molar-refractivity contribution in [1.82, 2.24) is 0 Å². The second-order valence-electron chi connectivity index (χ2n) is 5.57. The van der Waals surface area contributed by atoms with Crippen LogP contribution in [0, 0.1) is 24.9 Å². The van der Waals surface area contributed by atoms with E-state index in [4.69, 9.17) is 9.78 Å². The van der Waals surface area contributed by atoms with Crippen molar-refractivity contribution in [3.63, 3.8) is 0 Å². The minimum Gasteiger partial charge on any atom is -0.292 e. The van der Waals surface area contributed by atoms with Crippen LogP contribution >= 0.6 is 0 Å². The summed E-state index contributed by atoms with van der Waals surface area (Å²) in [5, 5.41) is 0. The van der Waals surface area contributed by atoms with Gasteiger partial charge in [-0.25, -0.2) is 4.79 Å². The van der Waals surface area contributed by atoms with Gasteiger partial charge in [-0.2, -0.15) is 4.89 Å². The maximum atomic E-state index is 11.8. The molecule has 1 aromatic carbocycles. The molecule has 1 aliphatic carbocycles. The van der Waals surface area contributed by atoms with Crippen molar-refractivity contribution in [2.75, 3.05) is 0 Å². The monoisotopic (exact) mass is 261 g/mol. The average Bonchev–Trinajstić information content (AvgIpc) is 2.37. The van der Waals surface area contributed by atoms with Crippen molar-refractivity contribution in [3.05, 3.63) is 41.5 Å². The van der Waals surface area contributed by atoms with Crippen molar-refractivity contribution in [3.8, 4) is 0 Å². The molecule has 2 unspecified atom stereocenters. The van der Waals surface area contributed by atoms with Crippen LogP contribution in [-0.4, -0.2) is 5.97 Å². The van der Waals surface area contributed by atoms with Gasteiger partial charge in [-0.3, -0.25) is 4.89 Å². The van der Waals surface area contributed by atoms with Gasteiger partial charge in [0.1, 0.15) is 0 Å². The van der Waals surface area contributed by atoms with Crippen molar-refractivity contribution in [2.45, 2.75) is 40.0 Å². The first-order chi connectivity index (χ1) is 9.06. The number of aryl methyl sites for hydroxylation is 1. The van der Waals surface area contributed by atoms with Crippen LogP contribution in [0.1, 0.15) is 49.0 Å². The third-order valence-electron chi connectivity index (χ3n) is 3.67. The largest absolute Gasteiger partial charge is 0.373 e. The standard InChI is InChI=1S/C16H21O3/c1-11-5-4-6-14(10-11)16(17)19-18-15-8-7-12(2)9-13(15)3/h4-6,10,12-13H,7-9H2,1-3H3. The van der Waals surface area contributed by atoms with Crippen LogP contribution in [0.25, 0.3) is 0 Å². The summed E-state index contributed by atoms with van der Waals surface area (Å²) in [5.74, 6) is 0.644. The van der Waals surface area contributed by atoms with Crippen LogP contribution in [-0.2, 0) is 9.78 Å². The first-order valence-corrected chi connectivity index (χ1v) is 6.87. The molecule has 0 aliphatic heterocycles. The second kappa shape index (κ2) is 6.20. The highest BCUT2D eigenvalue weighted by Crippen LogP contribution is 2.35. The summed E-state index contributed by atoms with van der Waals surface area (Å²) in [6, 6.07) is 7.30. The molecule has 2 rings (SSSR count). The van der Waals surface area contributed by atoms with Gasteiger partial charge in [0.05, 0.1) is 5.56 Å². The predicted molar refractivity (Wildman–Crippen MR) is 73.1 cm³/mol. The van der Waals surface area contributed by atoms with E-state index < -0.39 is 5.97 Å². The van der Waals surface area contributed by atoms with Gasteiger partial charge in [0.2, 0.25) is 0 Å². The molecule has 1 saturated carbocycles. The van der Waals surface area contributed by atoms with E-state index in [0.29, 0.717) is 11.5 Å². The van der Waals surface area contributed by atoms with Gasteiger partial charge in [0, 0.05) is 0 Å². The number of benzene rings is 1. The molecule has 1 aromatic rings. The molecule has 3 nitrogen and oxygen atoms in total. The highest BCUT2D eigenvalue weighted by atomic mass is 17.2. The molecule has 3 heteroatoms. The van der Waals surface area contributed by atoms with E-state index >= 15 is 0 Å². The molecule has 0 amide bonds. The molecule has 0 N–H and O–H groups in total. The quantitative estimate of drug-likeness (QED) is 0.607. The molecule has 0 aromatic heterocycles. The minimum atomic E-state index is -0.429. The summed E-state index contributed by atoms with van der Waals surface area (Å²) in [6.07, 6.45) is 3.96. The van der Waals surface area contributed by atoms with Gasteiger partial charge in [-0.05, 0) is 50.2 Å². The lowest BCUT2D eigenvalue weighted by molar-refractivity contribution is -0.247. The Hall–Kier alpha value is -1.35. The Morgan fingerprint density at radius 3 is 2.79 bits per heavy atom. The lowest BCUT2D eigenvalue weighted by Crippen LogP contribution is -2.23. The maximum Gasteiger partial charge on any atom is 0.373 e. The molecule has 103 valence electrons. The van der Waals surface area contributed by atoms with Gasteiger partial charge >= 0.3 is 5.97 Å². The Morgan fingerprint density at radius 2 is 2.11 bits per heavy atom. The molecule has 2 atom stereocenters. The predicted octanol–water partition coefficient (Wildman–Crippen LogP) is 4.07. The number of hydrogen-bond donors (Lipinski definition) is 0. The molecule has 0 spiro atoms. The Labute approximate surface area is 114 Å². The third-order valence-corrected chi connectivity index (χ3v) is 3.67. The van der Waals surface area contributed by atoms with Crippen molar-refractivity contribution in [1.29, 1.82) is 0 Å². The maximum absolute atomic E-state index is 11.8. The molecule has 0 saturated heterocycles. The van der Waals surface area contributed by atoms with Crippen LogP contribution in [0.3, 0.4) is 0 Å². The molecular formula is C16H21O3. The zero-order valence-electron chi connectivity index (χ0n) is 11.8. The third kappa shape index (κ3) is 3.80. The molecule has 1 radical (unpaired) electrons. The van der Waals surface area contributed by atoms with E-state index in [1.54, 1.807) is 12.1 Å². The fraction of sp³-hybridized carbons (Fsp3) is 0.500. The number of hydrogen-bond acceptors (Lipinski definition) is 3. The van der Waals surface area contributed by atoms with E-state index in [0.717, 1.165) is 36.8 Å². The fourth-order valence-corrected chi connectivity index (χ4v) is 2.52. The first kappa shape index (κ1) is 14.1. The van der Waals surface area contributed by atoms with E-state index in [-0.39, 0.29) is 0 Å². The van der Waals surface area contributed by atoms with Crippen molar-refractivity contribution in [2.24, 2.45) is 11.8 Å². The number of carbonyl (C=O) groups excluding carboxylic acids is 1. The first-order valence-electron chi connectivity index (χ1n) is 6.87. The fourth-order valence-electron chi connectivity index (χ4n) is 2.52. The van der Waals surface area contributed by atoms with E-state index in [9.17, 15) is 4.79 Å². The van der Waals surface area contributed by atoms with E-state index in [1.165, 1.54) is 0 Å². The molecular weight excluding hydrogens is 240 g/mol. The SMILES string of the molecule is Cc1cccc(C(=O)OO[C]2CCC(C)CC2C)c1. The highest BCUT2D eigenvalue weighted by Gasteiger charge is 2.29. The lowest BCUT2D eigenvalue weighted by Gasteiger charge is -2.29. The Kier molecular flexibility index (Phi) is 4.59. The Bertz CT molecular complexity index is 441. The minimum absolute atomic E-state index is 0.356. The molecule has 1 aliphatic rings. The summed E-state index contributed by atoms with van der Waals surface area (Å²) in [6.45, 7) is 6.30. The zero-order valence-corrected chi connectivity index (χ0v) is 11.8. The molecule has 0 heterocycles. The van der Waals surface area contributed by atoms with Crippen molar-refractivity contribution < 1.29 is 14.6 Å². The van der Waals surface area contributed by atoms with Crippen LogP contribution in [0.2, 0.25) is 0 Å². The van der Waals surface area contributed by atoms with Crippen LogP contribution in [0.15, 0.2) is 24.3 Å². The van der Waals surface area contributed by atoms with Gasteiger partial charge in [-0.1, -0.05) is 31.5 Å². The normalized spacial score (nSPS) is 24.2. The van der Waals surface area contributed by atoms with Gasteiger partial charge in [0.25, 0.3) is 0 Å².